The van der Waals surface area contributed by atoms with Gasteiger partial charge < -0.3 is 19.3 Å². The van der Waals surface area contributed by atoms with E-state index >= 15 is 0 Å². The molecule has 152 valence electrons. The number of hydrogen-bond acceptors (Lipinski definition) is 4. The van der Waals surface area contributed by atoms with Gasteiger partial charge in [-0.05, 0) is 37.1 Å². The maximum Gasteiger partial charge on any atom is 0.257 e. The van der Waals surface area contributed by atoms with Crippen LogP contribution in [0.4, 0.5) is 0 Å². The lowest BCUT2D eigenvalue weighted by molar-refractivity contribution is 0.0524. The molecule has 29 heavy (non-hydrogen) atoms. The summed E-state index contributed by atoms with van der Waals surface area (Å²) in [5.41, 5.74) is 1.24. The molecular formula is C23H26N2O4. The average molecular weight is 394 g/mol. The predicted molar refractivity (Wildman–Crippen MR) is 109 cm³/mol. The molecular weight excluding hydrogens is 368 g/mol. The summed E-state index contributed by atoms with van der Waals surface area (Å²) in [6, 6.07) is 16.6. The highest BCUT2D eigenvalue weighted by Crippen LogP contribution is 2.23. The van der Waals surface area contributed by atoms with Crippen LogP contribution in [0.1, 0.15) is 33.6 Å². The first kappa shape index (κ1) is 19.5. The number of carbonyl (C=O) groups excluding carboxylic acids is 2. The Bertz CT molecular complexity index is 841. The Morgan fingerprint density at radius 2 is 1.55 bits per heavy atom. The van der Waals surface area contributed by atoms with Gasteiger partial charge >= 0.3 is 0 Å². The Morgan fingerprint density at radius 1 is 0.897 bits per heavy atom. The first-order chi connectivity index (χ1) is 14.2. The third-order valence-electron chi connectivity index (χ3n) is 5.44. The van der Waals surface area contributed by atoms with E-state index < -0.39 is 0 Å². The predicted octanol–water partition coefficient (Wildman–Crippen LogP) is 2.84. The topological polar surface area (TPSA) is 59.1 Å². The molecule has 2 aromatic carbocycles. The van der Waals surface area contributed by atoms with Crippen LogP contribution in [-0.4, -0.2) is 67.1 Å². The van der Waals surface area contributed by atoms with Crippen LogP contribution in [0.3, 0.4) is 0 Å². The third-order valence-corrected chi connectivity index (χ3v) is 5.44. The van der Waals surface area contributed by atoms with Crippen molar-refractivity contribution >= 4 is 11.8 Å². The smallest absolute Gasteiger partial charge is 0.257 e. The van der Waals surface area contributed by atoms with Crippen molar-refractivity contribution in [3.05, 3.63) is 65.7 Å². The Kier molecular flexibility index (Phi) is 6.10. The fraction of sp³-hybridized carbons (Fsp3) is 0.391. The van der Waals surface area contributed by atoms with E-state index in [4.69, 9.17) is 9.47 Å². The van der Waals surface area contributed by atoms with E-state index in [1.54, 1.807) is 15.9 Å². The van der Waals surface area contributed by atoms with Crippen molar-refractivity contribution in [3.63, 3.8) is 0 Å². The monoisotopic (exact) mass is 394 g/mol. The van der Waals surface area contributed by atoms with Gasteiger partial charge in [-0.3, -0.25) is 9.59 Å². The fourth-order valence-electron chi connectivity index (χ4n) is 3.77. The first-order valence-corrected chi connectivity index (χ1v) is 10.2. The molecule has 2 aliphatic rings. The first-order valence-electron chi connectivity index (χ1n) is 10.2. The molecule has 4 rings (SSSR count). The van der Waals surface area contributed by atoms with E-state index in [2.05, 4.69) is 0 Å². The molecule has 0 N–H and O–H groups in total. The van der Waals surface area contributed by atoms with Gasteiger partial charge in [-0.25, -0.2) is 0 Å². The molecule has 0 aliphatic carbocycles. The number of nitrogens with zero attached hydrogens (tertiary/aromatic N) is 2. The lowest BCUT2D eigenvalue weighted by Crippen LogP contribution is -2.50. The van der Waals surface area contributed by atoms with Crippen molar-refractivity contribution in [2.75, 3.05) is 39.4 Å². The van der Waals surface area contributed by atoms with Gasteiger partial charge in [-0.2, -0.15) is 0 Å². The molecule has 0 aromatic heterocycles. The van der Waals surface area contributed by atoms with E-state index in [1.165, 1.54) is 0 Å². The number of para-hydroxylation sites is 1. The van der Waals surface area contributed by atoms with Crippen LogP contribution in [0.25, 0.3) is 0 Å². The van der Waals surface area contributed by atoms with Crippen LogP contribution in [0.2, 0.25) is 0 Å². The van der Waals surface area contributed by atoms with Crippen LogP contribution < -0.4 is 4.74 Å². The number of amides is 2. The highest BCUT2D eigenvalue weighted by molar-refractivity contribution is 5.97. The summed E-state index contributed by atoms with van der Waals surface area (Å²) in [7, 11) is 0. The number of benzene rings is 2. The van der Waals surface area contributed by atoms with Gasteiger partial charge in [0.25, 0.3) is 11.8 Å². The maximum absolute atomic E-state index is 13.1. The normalized spacial score (nSPS) is 19.2. The number of rotatable bonds is 5. The van der Waals surface area contributed by atoms with Gasteiger partial charge in [0.2, 0.25) is 0 Å². The minimum Gasteiger partial charge on any atom is -0.490 e. The molecule has 6 nitrogen and oxygen atoms in total. The van der Waals surface area contributed by atoms with Gasteiger partial charge in [-0.1, -0.05) is 30.3 Å². The maximum atomic E-state index is 13.1. The van der Waals surface area contributed by atoms with Crippen molar-refractivity contribution < 1.29 is 19.1 Å². The summed E-state index contributed by atoms with van der Waals surface area (Å²) in [5.74, 6) is 0.550. The Hall–Kier alpha value is -2.86. The second-order valence-electron chi connectivity index (χ2n) is 7.39. The SMILES string of the molecule is O=C(c1ccccc1)N1CCN(C(=O)c2ccccc2OCC2CCCO2)CC1. The van der Waals surface area contributed by atoms with Gasteiger partial charge in [-0.15, -0.1) is 0 Å². The zero-order valence-corrected chi connectivity index (χ0v) is 16.5. The standard InChI is InChI=1S/C23H26N2O4/c26-22(18-7-2-1-3-8-18)24-12-14-25(15-13-24)23(27)20-10-4-5-11-21(20)29-17-19-9-6-16-28-19/h1-5,7-8,10-11,19H,6,9,12-17H2. The molecule has 6 heteroatoms. The van der Waals surface area contributed by atoms with E-state index in [0.29, 0.717) is 49.7 Å². The minimum absolute atomic E-state index is 0.0120. The molecule has 0 saturated carbocycles. The largest absolute Gasteiger partial charge is 0.490 e. The lowest BCUT2D eigenvalue weighted by Gasteiger charge is -2.35. The number of hydrogen-bond donors (Lipinski definition) is 0. The molecule has 1 unspecified atom stereocenters. The van der Waals surface area contributed by atoms with Gasteiger partial charge in [0.05, 0.1) is 11.7 Å². The molecule has 0 radical (unpaired) electrons. The lowest BCUT2D eigenvalue weighted by atomic mass is 10.1. The third kappa shape index (κ3) is 4.59. The second-order valence-corrected chi connectivity index (χ2v) is 7.39. The van der Waals surface area contributed by atoms with Crippen LogP contribution in [0.5, 0.6) is 5.75 Å². The summed E-state index contributed by atoms with van der Waals surface area (Å²) in [5, 5.41) is 0. The van der Waals surface area contributed by atoms with Gasteiger partial charge in [0, 0.05) is 38.3 Å². The molecule has 2 heterocycles. The Balaban J connectivity index is 1.36. The number of ether oxygens (including phenoxy) is 2. The summed E-state index contributed by atoms with van der Waals surface area (Å²) in [6.07, 6.45) is 2.15. The summed E-state index contributed by atoms with van der Waals surface area (Å²) in [4.78, 5) is 29.3. The van der Waals surface area contributed by atoms with Crippen LogP contribution >= 0.6 is 0 Å². The molecule has 2 amide bonds. The van der Waals surface area contributed by atoms with E-state index in [0.717, 1.165) is 19.4 Å². The minimum atomic E-state index is -0.0558. The second kappa shape index (κ2) is 9.09. The van der Waals surface area contributed by atoms with E-state index in [-0.39, 0.29) is 17.9 Å². The van der Waals surface area contributed by atoms with Crippen LogP contribution in [-0.2, 0) is 4.74 Å². The van der Waals surface area contributed by atoms with Crippen LogP contribution in [0, 0.1) is 0 Å². The zero-order chi connectivity index (χ0) is 20.1. The van der Waals surface area contributed by atoms with Crippen molar-refractivity contribution in [2.45, 2.75) is 18.9 Å². The molecule has 0 spiro atoms. The molecule has 2 aliphatic heterocycles. The van der Waals surface area contributed by atoms with Crippen LogP contribution in [0.15, 0.2) is 54.6 Å². The molecule has 2 aromatic rings. The Morgan fingerprint density at radius 3 is 2.24 bits per heavy atom. The van der Waals surface area contributed by atoms with E-state index in [9.17, 15) is 9.59 Å². The summed E-state index contributed by atoms with van der Waals surface area (Å²) < 4.78 is 11.5. The van der Waals surface area contributed by atoms with E-state index in [1.807, 2.05) is 48.5 Å². The van der Waals surface area contributed by atoms with Gasteiger partial charge in [0.15, 0.2) is 0 Å². The van der Waals surface area contributed by atoms with Crippen molar-refractivity contribution in [1.29, 1.82) is 0 Å². The summed E-state index contributed by atoms with van der Waals surface area (Å²) >= 11 is 0. The highest BCUT2D eigenvalue weighted by Gasteiger charge is 2.27. The summed E-state index contributed by atoms with van der Waals surface area (Å²) in [6.45, 7) is 3.32. The van der Waals surface area contributed by atoms with Crippen molar-refractivity contribution in [1.82, 2.24) is 9.80 Å². The fourth-order valence-corrected chi connectivity index (χ4v) is 3.77. The zero-order valence-electron chi connectivity index (χ0n) is 16.5. The molecule has 2 fully saturated rings. The average Bonchev–Trinajstić information content (AvgIpc) is 3.31. The molecule has 0 bridgehead atoms. The number of piperazine rings is 1. The van der Waals surface area contributed by atoms with Gasteiger partial charge in [0.1, 0.15) is 12.4 Å². The van der Waals surface area contributed by atoms with Crippen molar-refractivity contribution in [2.24, 2.45) is 0 Å². The number of carbonyl (C=O) groups is 2. The molecule has 2 saturated heterocycles. The van der Waals surface area contributed by atoms with Crippen molar-refractivity contribution in [3.8, 4) is 5.75 Å². The quantitative estimate of drug-likeness (QED) is 0.783. The Labute approximate surface area is 171 Å². The molecule has 1 atom stereocenters. The highest BCUT2D eigenvalue weighted by atomic mass is 16.5.